The number of imidazole rings is 2. The molecule has 0 saturated carbocycles. The number of nitrogens with one attached hydrogen (secondary N) is 2. The van der Waals surface area contributed by atoms with Gasteiger partial charge in [0.1, 0.15) is 17.3 Å². The van der Waals surface area contributed by atoms with Crippen LogP contribution < -0.4 is 0 Å². The van der Waals surface area contributed by atoms with Gasteiger partial charge < -0.3 is 9.97 Å². The second kappa shape index (κ2) is 6.63. The molecule has 0 atom stereocenters. The standard InChI is InChI=1S/C24H16N6/c1-2-8-17-16(7-1)27-23(28-17)15-12-14-26-22(20-11-5-6-13-25-20)21(15)24-29-18-9-3-4-10-19(18)30-24/h1-14H,(H,27,28)(H,29,30). The summed E-state index contributed by atoms with van der Waals surface area (Å²) in [7, 11) is 0. The third kappa shape index (κ3) is 2.66. The van der Waals surface area contributed by atoms with E-state index >= 15 is 0 Å². The summed E-state index contributed by atoms with van der Waals surface area (Å²) in [5.74, 6) is 1.51. The number of rotatable bonds is 3. The molecule has 0 saturated heterocycles. The van der Waals surface area contributed by atoms with Gasteiger partial charge in [0.2, 0.25) is 0 Å². The fourth-order valence-electron chi connectivity index (χ4n) is 3.75. The van der Waals surface area contributed by atoms with Crippen LogP contribution in [0.4, 0.5) is 0 Å². The van der Waals surface area contributed by atoms with Crippen LogP contribution in [-0.2, 0) is 0 Å². The van der Waals surface area contributed by atoms with Crippen LogP contribution in [0.5, 0.6) is 0 Å². The van der Waals surface area contributed by atoms with E-state index in [1.165, 1.54) is 0 Å². The highest BCUT2D eigenvalue weighted by molar-refractivity contribution is 5.92. The van der Waals surface area contributed by atoms with Gasteiger partial charge >= 0.3 is 0 Å². The molecule has 0 amide bonds. The number of hydrogen-bond donors (Lipinski definition) is 2. The minimum Gasteiger partial charge on any atom is -0.338 e. The molecule has 6 heteroatoms. The quantitative estimate of drug-likeness (QED) is 0.435. The predicted molar refractivity (Wildman–Crippen MR) is 118 cm³/mol. The molecule has 2 N–H and O–H groups in total. The first-order valence-corrected chi connectivity index (χ1v) is 9.67. The summed E-state index contributed by atoms with van der Waals surface area (Å²) in [5.41, 5.74) is 7.10. The summed E-state index contributed by atoms with van der Waals surface area (Å²) in [6, 6.07) is 23.8. The van der Waals surface area contributed by atoms with E-state index in [9.17, 15) is 0 Å². The van der Waals surface area contributed by atoms with Crippen molar-refractivity contribution in [3.63, 3.8) is 0 Å². The summed E-state index contributed by atoms with van der Waals surface area (Å²) < 4.78 is 0. The summed E-state index contributed by atoms with van der Waals surface area (Å²) in [6.45, 7) is 0. The maximum atomic E-state index is 4.84. The zero-order chi connectivity index (χ0) is 19.9. The second-order valence-corrected chi connectivity index (χ2v) is 7.00. The van der Waals surface area contributed by atoms with Crippen molar-refractivity contribution in [1.29, 1.82) is 0 Å². The van der Waals surface area contributed by atoms with E-state index in [0.717, 1.165) is 56.2 Å². The number of H-pyrrole nitrogens is 2. The van der Waals surface area contributed by atoms with Crippen molar-refractivity contribution in [1.82, 2.24) is 29.9 Å². The normalized spacial score (nSPS) is 11.3. The molecule has 30 heavy (non-hydrogen) atoms. The molecular weight excluding hydrogens is 372 g/mol. The Balaban J connectivity index is 1.66. The van der Waals surface area contributed by atoms with Gasteiger partial charge in [-0.3, -0.25) is 9.97 Å². The lowest BCUT2D eigenvalue weighted by Gasteiger charge is -2.10. The van der Waals surface area contributed by atoms with Crippen molar-refractivity contribution in [3.05, 3.63) is 85.2 Å². The Morgan fingerprint density at radius 1 is 0.567 bits per heavy atom. The highest BCUT2D eigenvalue weighted by Gasteiger charge is 2.20. The lowest BCUT2D eigenvalue weighted by atomic mass is 10.0. The molecular formula is C24H16N6. The smallest absolute Gasteiger partial charge is 0.141 e. The Morgan fingerprint density at radius 2 is 1.23 bits per heavy atom. The minimum absolute atomic E-state index is 0.736. The van der Waals surface area contributed by atoms with Gasteiger partial charge in [0.05, 0.1) is 33.3 Å². The van der Waals surface area contributed by atoms with E-state index in [1.54, 1.807) is 12.4 Å². The van der Waals surface area contributed by atoms with Crippen LogP contribution in [0.25, 0.3) is 56.2 Å². The van der Waals surface area contributed by atoms with Crippen LogP contribution in [0.1, 0.15) is 0 Å². The molecule has 6 rings (SSSR count). The third-order valence-corrected chi connectivity index (χ3v) is 5.13. The number of benzene rings is 2. The van der Waals surface area contributed by atoms with E-state index in [2.05, 4.69) is 19.9 Å². The SMILES string of the molecule is c1ccc(-c2nccc(-c3nc4ccccc4[nH]3)c2-c2nc3ccccc3[nH]2)nc1. The zero-order valence-electron chi connectivity index (χ0n) is 15.9. The molecule has 4 heterocycles. The first-order chi connectivity index (χ1) is 14.9. The van der Waals surface area contributed by atoms with Gasteiger partial charge in [-0.2, -0.15) is 0 Å². The van der Waals surface area contributed by atoms with Gasteiger partial charge in [0, 0.05) is 18.0 Å². The van der Waals surface area contributed by atoms with Crippen molar-refractivity contribution >= 4 is 22.1 Å². The van der Waals surface area contributed by atoms with Crippen molar-refractivity contribution in [2.75, 3.05) is 0 Å². The monoisotopic (exact) mass is 388 g/mol. The van der Waals surface area contributed by atoms with Crippen molar-refractivity contribution in [2.24, 2.45) is 0 Å². The Labute approximate surface area is 171 Å². The van der Waals surface area contributed by atoms with Crippen LogP contribution >= 0.6 is 0 Å². The first-order valence-electron chi connectivity index (χ1n) is 9.67. The number of nitrogens with zero attached hydrogens (tertiary/aromatic N) is 4. The summed E-state index contributed by atoms with van der Waals surface area (Å²) >= 11 is 0. The van der Waals surface area contributed by atoms with Crippen molar-refractivity contribution in [3.8, 4) is 34.2 Å². The van der Waals surface area contributed by atoms with Crippen LogP contribution in [0.15, 0.2) is 85.2 Å². The Kier molecular flexibility index (Phi) is 3.67. The van der Waals surface area contributed by atoms with Crippen LogP contribution in [-0.4, -0.2) is 29.9 Å². The van der Waals surface area contributed by atoms with Crippen molar-refractivity contribution < 1.29 is 0 Å². The van der Waals surface area contributed by atoms with Gasteiger partial charge in [-0.05, 0) is 42.5 Å². The molecule has 6 aromatic rings. The van der Waals surface area contributed by atoms with Crippen LogP contribution in [0, 0.1) is 0 Å². The van der Waals surface area contributed by atoms with Gasteiger partial charge in [0.15, 0.2) is 0 Å². The fourth-order valence-corrected chi connectivity index (χ4v) is 3.75. The number of hydrogen-bond acceptors (Lipinski definition) is 4. The summed E-state index contributed by atoms with van der Waals surface area (Å²) in [4.78, 5) is 25.7. The minimum atomic E-state index is 0.736. The van der Waals surface area contributed by atoms with E-state index in [-0.39, 0.29) is 0 Å². The first kappa shape index (κ1) is 16.6. The summed E-state index contributed by atoms with van der Waals surface area (Å²) in [6.07, 6.45) is 3.56. The Bertz CT molecular complexity index is 1430. The van der Waals surface area contributed by atoms with E-state index in [1.807, 2.05) is 72.8 Å². The average Bonchev–Trinajstić information content (AvgIpc) is 3.43. The highest BCUT2D eigenvalue weighted by Crippen LogP contribution is 2.37. The van der Waals surface area contributed by atoms with E-state index in [0.29, 0.717) is 0 Å². The molecule has 0 fully saturated rings. The largest absolute Gasteiger partial charge is 0.338 e. The Morgan fingerprint density at radius 3 is 1.93 bits per heavy atom. The topological polar surface area (TPSA) is 83.1 Å². The number of pyridine rings is 2. The predicted octanol–water partition coefficient (Wildman–Crippen LogP) is 5.23. The highest BCUT2D eigenvalue weighted by atomic mass is 15.0. The molecule has 0 radical (unpaired) electrons. The molecule has 4 aromatic heterocycles. The zero-order valence-corrected chi connectivity index (χ0v) is 15.9. The molecule has 0 spiro atoms. The number of para-hydroxylation sites is 4. The lowest BCUT2D eigenvalue weighted by Crippen LogP contribution is -1.97. The van der Waals surface area contributed by atoms with Crippen LogP contribution in [0.3, 0.4) is 0 Å². The maximum absolute atomic E-state index is 4.84. The van der Waals surface area contributed by atoms with E-state index < -0.39 is 0 Å². The number of aromatic nitrogens is 6. The van der Waals surface area contributed by atoms with Crippen molar-refractivity contribution in [2.45, 2.75) is 0 Å². The van der Waals surface area contributed by atoms with Gasteiger partial charge in [-0.15, -0.1) is 0 Å². The molecule has 0 unspecified atom stereocenters. The molecule has 0 bridgehead atoms. The molecule has 142 valence electrons. The number of fused-ring (bicyclic) bond motifs is 2. The average molecular weight is 388 g/mol. The van der Waals surface area contributed by atoms with E-state index in [4.69, 9.17) is 9.97 Å². The third-order valence-electron chi connectivity index (χ3n) is 5.13. The molecule has 6 nitrogen and oxygen atoms in total. The molecule has 2 aromatic carbocycles. The van der Waals surface area contributed by atoms with Gasteiger partial charge in [-0.1, -0.05) is 30.3 Å². The summed E-state index contributed by atoms with van der Waals surface area (Å²) in [5, 5.41) is 0. The van der Waals surface area contributed by atoms with Gasteiger partial charge in [0.25, 0.3) is 0 Å². The Hall–Kier alpha value is -4.32. The second-order valence-electron chi connectivity index (χ2n) is 7.00. The number of aromatic amines is 2. The van der Waals surface area contributed by atoms with Gasteiger partial charge in [-0.25, -0.2) is 9.97 Å². The lowest BCUT2D eigenvalue weighted by molar-refractivity contribution is 1.22. The molecule has 0 aliphatic heterocycles. The molecule has 0 aliphatic carbocycles. The fraction of sp³-hybridized carbons (Fsp3) is 0. The van der Waals surface area contributed by atoms with Crippen LogP contribution in [0.2, 0.25) is 0 Å². The molecule has 0 aliphatic rings. The maximum Gasteiger partial charge on any atom is 0.141 e.